The third-order valence-electron chi connectivity index (χ3n) is 5.93. The highest BCUT2D eigenvalue weighted by Gasteiger charge is 2.13. The van der Waals surface area contributed by atoms with E-state index in [1.807, 2.05) is 0 Å². The van der Waals surface area contributed by atoms with Gasteiger partial charge in [0.2, 0.25) is 0 Å². The molecule has 0 heterocycles. The predicted molar refractivity (Wildman–Crippen MR) is 131 cm³/mol. The molecule has 1 N–H and O–H groups in total. The maximum Gasteiger partial charge on any atom is 0.306 e. The van der Waals surface area contributed by atoms with Crippen LogP contribution in [0.4, 0.5) is 0 Å². The van der Waals surface area contributed by atoms with Crippen molar-refractivity contribution < 1.29 is 19.4 Å². The number of hydrogen-bond acceptors (Lipinski definition) is 4. The molecule has 4 nitrogen and oxygen atoms in total. The molecule has 1 unspecified atom stereocenters. The third kappa shape index (κ3) is 23.9. The monoisotopic (exact) mass is 442 g/mol. The Morgan fingerprint density at radius 3 is 1.52 bits per heavy atom. The van der Waals surface area contributed by atoms with Crippen molar-refractivity contribution >= 4 is 5.97 Å². The van der Waals surface area contributed by atoms with Crippen LogP contribution in [-0.2, 0) is 14.3 Å². The Labute approximate surface area is 193 Å². The number of aliphatic hydroxyl groups is 1. The fourth-order valence-corrected chi connectivity index (χ4v) is 3.86. The summed E-state index contributed by atoms with van der Waals surface area (Å²) >= 11 is 0. The molecule has 0 aromatic carbocycles. The maximum absolute atomic E-state index is 11.9. The highest BCUT2D eigenvalue weighted by Crippen LogP contribution is 2.12. The van der Waals surface area contributed by atoms with E-state index in [1.165, 1.54) is 103 Å². The second-order valence-electron chi connectivity index (χ2n) is 9.13. The number of hydrogen-bond donors (Lipinski definition) is 1. The molecule has 0 bridgehead atoms. The van der Waals surface area contributed by atoms with Crippen LogP contribution in [0.3, 0.4) is 0 Å². The maximum atomic E-state index is 11.9. The largest absolute Gasteiger partial charge is 0.457 e. The van der Waals surface area contributed by atoms with Crippen LogP contribution in [0.1, 0.15) is 142 Å². The summed E-state index contributed by atoms with van der Waals surface area (Å²) in [5.74, 6) is -0.204. The molecule has 0 aliphatic carbocycles. The third-order valence-corrected chi connectivity index (χ3v) is 5.93. The van der Waals surface area contributed by atoms with Gasteiger partial charge in [0.05, 0.1) is 13.2 Å². The summed E-state index contributed by atoms with van der Waals surface area (Å²) < 4.78 is 11.0. The predicted octanol–water partition coefficient (Wildman–Crippen LogP) is 7.75. The molecule has 0 amide bonds. The molecule has 0 radical (unpaired) electrons. The van der Waals surface area contributed by atoms with Gasteiger partial charge in [0.25, 0.3) is 0 Å². The van der Waals surface area contributed by atoms with E-state index in [4.69, 9.17) is 9.47 Å². The quantitative estimate of drug-likeness (QED) is 0.116. The summed E-state index contributed by atoms with van der Waals surface area (Å²) in [6.45, 7) is 5.32. The molecule has 186 valence electrons. The van der Waals surface area contributed by atoms with Gasteiger partial charge in [0.15, 0.2) is 0 Å². The second kappa shape index (κ2) is 25.6. The summed E-state index contributed by atoms with van der Waals surface area (Å²) in [4.78, 5) is 11.9. The summed E-state index contributed by atoms with van der Waals surface area (Å²) in [5.41, 5.74) is 0. The molecular weight excluding hydrogens is 388 g/mol. The first-order chi connectivity index (χ1) is 15.2. The van der Waals surface area contributed by atoms with Crippen molar-refractivity contribution in [3.05, 3.63) is 0 Å². The van der Waals surface area contributed by atoms with Gasteiger partial charge in [-0.05, 0) is 12.8 Å². The van der Waals surface area contributed by atoms with E-state index < -0.39 is 6.10 Å². The molecule has 0 fully saturated rings. The standard InChI is InChI=1S/C27H54O4/c1-3-5-7-9-11-13-15-17-19-21-23-30-25-26(24-28)31-27(29)22-20-18-16-14-12-10-8-6-4-2/h26,28H,3-25H2,1-2H3. The van der Waals surface area contributed by atoms with Crippen molar-refractivity contribution in [1.29, 1.82) is 0 Å². The molecule has 0 saturated carbocycles. The molecule has 4 heteroatoms. The van der Waals surface area contributed by atoms with Gasteiger partial charge in [-0.1, -0.05) is 123 Å². The van der Waals surface area contributed by atoms with E-state index in [-0.39, 0.29) is 12.6 Å². The molecule has 0 aromatic rings. The Morgan fingerprint density at radius 1 is 0.645 bits per heavy atom. The smallest absolute Gasteiger partial charge is 0.306 e. The summed E-state index contributed by atoms with van der Waals surface area (Å²) in [5, 5.41) is 9.43. The Balaban J connectivity index is 3.44. The summed E-state index contributed by atoms with van der Waals surface area (Å²) in [6, 6.07) is 0. The van der Waals surface area contributed by atoms with Crippen LogP contribution in [0, 0.1) is 0 Å². The van der Waals surface area contributed by atoms with Gasteiger partial charge in [-0.3, -0.25) is 4.79 Å². The topological polar surface area (TPSA) is 55.8 Å². The molecule has 0 aliphatic rings. The van der Waals surface area contributed by atoms with E-state index in [2.05, 4.69) is 13.8 Å². The molecule has 31 heavy (non-hydrogen) atoms. The van der Waals surface area contributed by atoms with Crippen molar-refractivity contribution in [3.8, 4) is 0 Å². The molecule has 0 saturated heterocycles. The molecular formula is C27H54O4. The van der Waals surface area contributed by atoms with Crippen LogP contribution < -0.4 is 0 Å². The molecule has 0 aliphatic heterocycles. The van der Waals surface area contributed by atoms with Crippen molar-refractivity contribution in [2.75, 3.05) is 19.8 Å². The lowest BCUT2D eigenvalue weighted by atomic mass is 10.1. The highest BCUT2D eigenvalue weighted by atomic mass is 16.6. The fraction of sp³-hybridized carbons (Fsp3) is 0.963. The first-order valence-corrected chi connectivity index (χ1v) is 13.6. The van der Waals surface area contributed by atoms with E-state index >= 15 is 0 Å². The molecule has 0 spiro atoms. The molecule has 0 aromatic heterocycles. The summed E-state index contributed by atoms with van der Waals surface area (Å²) in [6.07, 6.45) is 24.0. The second-order valence-corrected chi connectivity index (χ2v) is 9.13. The number of aliphatic hydroxyl groups excluding tert-OH is 1. The highest BCUT2D eigenvalue weighted by molar-refractivity contribution is 5.69. The zero-order valence-corrected chi connectivity index (χ0v) is 21.0. The van der Waals surface area contributed by atoms with Crippen LogP contribution >= 0.6 is 0 Å². The Hall–Kier alpha value is -0.610. The normalized spacial score (nSPS) is 12.2. The first-order valence-electron chi connectivity index (χ1n) is 13.6. The van der Waals surface area contributed by atoms with Crippen LogP contribution in [0.2, 0.25) is 0 Å². The van der Waals surface area contributed by atoms with Crippen LogP contribution in [-0.4, -0.2) is 37.0 Å². The van der Waals surface area contributed by atoms with Gasteiger partial charge in [0.1, 0.15) is 6.10 Å². The lowest BCUT2D eigenvalue weighted by Crippen LogP contribution is -2.27. The minimum absolute atomic E-state index is 0.165. The average molecular weight is 443 g/mol. The van der Waals surface area contributed by atoms with Crippen LogP contribution in [0.25, 0.3) is 0 Å². The van der Waals surface area contributed by atoms with Gasteiger partial charge >= 0.3 is 5.97 Å². The summed E-state index contributed by atoms with van der Waals surface area (Å²) in [7, 11) is 0. The Bertz CT molecular complexity index is 359. The number of carbonyl (C=O) groups excluding carboxylic acids is 1. The van der Waals surface area contributed by atoms with Gasteiger partial charge in [-0.25, -0.2) is 0 Å². The van der Waals surface area contributed by atoms with E-state index in [9.17, 15) is 9.90 Å². The van der Waals surface area contributed by atoms with Gasteiger partial charge in [-0.15, -0.1) is 0 Å². The number of carbonyl (C=O) groups is 1. The number of ether oxygens (including phenoxy) is 2. The number of rotatable bonds is 25. The Kier molecular flexibility index (Phi) is 25.1. The zero-order valence-electron chi connectivity index (χ0n) is 21.0. The fourth-order valence-electron chi connectivity index (χ4n) is 3.86. The van der Waals surface area contributed by atoms with Crippen molar-refractivity contribution in [2.24, 2.45) is 0 Å². The van der Waals surface area contributed by atoms with Gasteiger partial charge in [0, 0.05) is 13.0 Å². The minimum atomic E-state index is -0.519. The van der Waals surface area contributed by atoms with E-state index in [0.717, 1.165) is 19.3 Å². The minimum Gasteiger partial charge on any atom is -0.457 e. The van der Waals surface area contributed by atoms with Crippen LogP contribution in [0.15, 0.2) is 0 Å². The van der Waals surface area contributed by atoms with Gasteiger partial charge in [-0.2, -0.15) is 0 Å². The lowest BCUT2D eigenvalue weighted by Gasteiger charge is -2.16. The molecule has 1 atom stereocenters. The van der Waals surface area contributed by atoms with E-state index in [1.54, 1.807) is 0 Å². The Morgan fingerprint density at radius 2 is 1.06 bits per heavy atom. The average Bonchev–Trinajstić information content (AvgIpc) is 2.77. The van der Waals surface area contributed by atoms with Crippen molar-refractivity contribution in [2.45, 2.75) is 148 Å². The van der Waals surface area contributed by atoms with Crippen molar-refractivity contribution in [3.63, 3.8) is 0 Å². The SMILES string of the molecule is CCCCCCCCCCCCOCC(CO)OC(=O)CCCCCCCCCCC. The number of esters is 1. The lowest BCUT2D eigenvalue weighted by molar-refractivity contribution is -0.154. The van der Waals surface area contributed by atoms with Crippen LogP contribution in [0.5, 0.6) is 0 Å². The van der Waals surface area contributed by atoms with Gasteiger partial charge < -0.3 is 14.6 Å². The molecule has 0 rings (SSSR count). The van der Waals surface area contributed by atoms with E-state index in [0.29, 0.717) is 19.6 Å². The number of unbranched alkanes of at least 4 members (excludes halogenated alkanes) is 17. The zero-order chi connectivity index (χ0) is 22.8. The first kappa shape index (κ1) is 30.4. The van der Waals surface area contributed by atoms with Crippen molar-refractivity contribution in [1.82, 2.24) is 0 Å².